The van der Waals surface area contributed by atoms with Crippen molar-refractivity contribution in [1.82, 2.24) is 10.2 Å². The first-order chi connectivity index (χ1) is 12.3. The zero-order valence-electron chi connectivity index (χ0n) is 16.5. The van der Waals surface area contributed by atoms with Gasteiger partial charge in [-0.25, -0.2) is 0 Å². The van der Waals surface area contributed by atoms with E-state index in [0.717, 1.165) is 31.7 Å². The van der Waals surface area contributed by atoms with Gasteiger partial charge in [0.15, 0.2) is 0 Å². The van der Waals surface area contributed by atoms with Crippen molar-refractivity contribution in [2.45, 2.75) is 53.0 Å². The summed E-state index contributed by atoms with van der Waals surface area (Å²) >= 11 is 0. The summed E-state index contributed by atoms with van der Waals surface area (Å²) in [5.41, 5.74) is 0.642. The van der Waals surface area contributed by atoms with Gasteiger partial charge in [0.05, 0.1) is 6.61 Å². The fourth-order valence-corrected chi connectivity index (χ4v) is 3.09. The first kappa shape index (κ1) is 20.3. The van der Waals surface area contributed by atoms with Crippen LogP contribution < -0.4 is 10.1 Å². The minimum Gasteiger partial charge on any atom is -0.493 e. The molecule has 0 bridgehead atoms. The molecule has 1 aromatic rings. The zero-order chi connectivity index (χ0) is 19.1. The van der Waals surface area contributed by atoms with E-state index in [0.29, 0.717) is 30.4 Å². The van der Waals surface area contributed by atoms with E-state index in [1.807, 2.05) is 30.9 Å². The molecule has 0 radical (unpaired) electrons. The highest BCUT2D eigenvalue weighted by Gasteiger charge is 2.23. The number of amides is 2. The first-order valence-electron chi connectivity index (χ1n) is 9.66. The standard InChI is InChI=1S/C21H32N2O3/c1-15(2)13-20(24)23-11-9-17(10-12-23)14-26-19-7-5-18(6-8-19)21(25)22-16(3)4/h5-8,15-17H,9-14H2,1-4H3,(H,22,25). The number of rotatable bonds is 7. The average Bonchev–Trinajstić information content (AvgIpc) is 2.59. The number of piperidine rings is 1. The highest BCUT2D eigenvalue weighted by molar-refractivity contribution is 5.94. The van der Waals surface area contributed by atoms with Crippen molar-refractivity contribution in [2.24, 2.45) is 11.8 Å². The molecule has 1 N–H and O–H groups in total. The minimum absolute atomic E-state index is 0.0648. The van der Waals surface area contributed by atoms with Crippen LogP contribution in [0.1, 0.15) is 57.3 Å². The van der Waals surface area contributed by atoms with E-state index in [1.165, 1.54) is 0 Å². The van der Waals surface area contributed by atoms with Gasteiger partial charge in [-0.3, -0.25) is 9.59 Å². The zero-order valence-corrected chi connectivity index (χ0v) is 16.5. The van der Waals surface area contributed by atoms with E-state index in [-0.39, 0.29) is 17.9 Å². The Labute approximate surface area is 157 Å². The third-order valence-corrected chi connectivity index (χ3v) is 4.57. The van der Waals surface area contributed by atoms with E-state index in [1.54, 1.807) is 12.1 Å². The maximum Gasteiger partial charge on any atom is 0.251 e. The lowest BCUT2D eigenvalue weighted by molar-refractivity contribution is -0.133. The monoisotopic (exact) mass is 360 g/mol. The molecule has 1 heterocycles. The number of carbonyl (C=O) groups is 2. The highest BCUT2D eigenvalue weighted by atomic mass is 16.5. The molecule has 1 aromatic carbocycles. The van der Waals surface area contributed by atoms with E-state index < -0.39 is 0 Å². The number of hydrogen-bond donors (Lipinski definition) is 1. The molecule has 5 heteroatoms. The van der Waals surface area contributed by atoms with E-state index in [4.69, 9.17) is 4.74 Å². The Morgan fingerprint density at radius 3 is 2.27 bits per heavy atom. The van der Waals surface area contributed by atoms with Crippen LogP contribution in [-0.2, 0) is 4.79 Å². The predicted molar refractivity (Wildman–Crippen MR) is 103 cm³/mol. The minimum atomic E-state index is -0.0648. The van der Waals surface area contributed by atoms with Crippen molar-refractivity contribution in [1.29, 1.82) is 0 Å². The van der Waals surface area contributed by atoms with Crippen molar-refractivity contribution in [2.75, 3.05) is 19.7 Å². The number of nitrogens with zero attached hydrogens (tertiary/aromatic N) is 1. The number of nitrogens with one attached hydrogen (secondary N) is 1. The Morgan fingerprint density at radius 2 is 1.73 bits per heavy atom. The summed E-state index contributed by atoms with van der Waals surface area (Å²) in [4.78, 5) is 26.0. The first-order valence-corrected chi connectivity index (χ1v) is 9.66. The van der Waals surface area contributed by atoms with Crippen LogP contribution in [0.4, 0.5) is 0 Å². The van der Waals surface area contributed by atoms with Crippen LogP contribution in [0.25, 0.3) is 0 Å². The van der Waals surface area contributed by atoms with Crippen LogP contribution in [0.2, 0.25) is 0 Å². The Hall–Kier alpha value is -2.04. The molecule has 2 amide bonds. The summed E-state index contributed by atoms with van der Waals surface area (Å²) in [5, 5.41) is 2.88. The van der Waals surface area contributed by atoms with Crippen molar-refractivity contribution in [3.63, 3.8) is 0 Å². The molecule has 0 aliphatic carbocycles. The van der Waals surface area contributed by atoms with Crippen LogP contribution in [0.5, 0.6) is 5.75 Å². The van der Waals surface area contributed by atoms with Crippen molar-refractivity contribution in [3.05, 3.63) is 29.8 Å². The maximum atomic E-state index is 12.1. The van der Waals surface area contributed by atoms with Gasteiger partial charge in [0.25, 0.3) is 5.91 Å². The predicted octanol–water partition coefficient (Wildman–Crippen LogP) is 3.49. The van der Waals surface area contributed by atoms with E-state index in [9.17, 15) is 9.59 Å². The second-order valence-electron chi connectivity index (χ2n) is 7.89. The van der Waals surface area contributed by atoms with E-state index in [2.05, 4.69) is 19.2 Å². The number of ether oxygens (including phenoxy) is 1. The lowest BCUT2D eigenvalue weighted by Crippen LogP contribution is -2.40. The third kappa shape index (κ3) is 6.36. The second kappa shape index (κ2) is 9.60. The molecule has 0 saturated carbocycles. The molecule has 5 nitrogen and oxygen atoms in total. The molecule has 144 valence electrons. The summed E-state index contributed by atoms with van der Waals surface area (Å²) in [6, 6.07) is 7.39. The van der Waals surface area contributed by atoms with Crippen LogP contribution >= 0.6 is 0 Å². The molecule has 0 atom stereocenters. The molecular formula is C21H32N2O3. The van der Waals surface area contributed by atoms with Gasteiger partial charge in [-0.15, -0.1) is 0 Å². The van der Waals surface area contributed by atoms with Gasteiger partial charge in [0.2, 0.25) is 5.91 Å². The highest BCUT2D eigenvalue weighted by Crippen LogP contribution is 2.21. The van der Waals surface area contributed by atoms with Crippen molar-refractivity contribution in [3.8, 4) is 5.75 Å². The van der Waals surface area contributed by atoms with Crippen molar-refractivity contribution >= 4 is 11.8 Å². The lowest BCUT2D eigenvalue weighted by Gasteiger charge is -2.32. The molecule has 0 spiro atoms. The van der Waals surface area contributed by atoms with Crippen LogP contribution in [0.3, 0.4) is 0 Å². The fourth-order valence-electron chi connectivity index (χ4n) is 3.09. The topological polar surface area (TPSA) is 58.6 Å². The Balaban J connectivity index is 1.74. The van der Waals surface area contributed by atoms with Gasteiger partial charge in [0, 0.05) is 31.1 Å². The third-order valence-electron chi connectivity index (χ3n) is 4.57. The molecule has 1 aliphatic rings. The lowest BCUT2D eigenvalue weighted by atomic mass is 9.97. The molecule has 1 fully saturated rings. The SMILES string of the molecule is CC(C)CC(=O)N1CCC(COc2ccc(C(=O)NC(C)C)cc2)CC1. The number of benzene rings is 1. The van der Waals surface area contributed by atoms with Crippen LogP contribution in [0, 0.1) is 11.8 Å². The molecule has 1 aliphatic heterocycles. The molecule has 26 heavy (non-hydrogen) atoms. The summed E-state index contributed by atoms with van der Waals surface area (Å²) in [5.74, 6) is 1.88. The summed E-state index contributed by atoms with van der Waals surface area (Å²) in [6.45, 7) is 10.4. The maximum absolute atomic E-state index is 12.1. The normalized spacial score (nSPS) is 15.4. The van der Waals surface area contributed by atoms with Gasteiger partial charge in [-0.1, -0.05) is 13.8 Å². The van der Waals surface area contributed by atoms with Gasteiger partial charge in [0.1, 0.15) is 5.75 Å². The molecular weight excluding hydrogens is 328 g/mol. The smallest absolute Gasteiger partial charge is 0.251 e. The van der Waals surface area contributed by atoms with Gasteiger partial charge in [-0.2, -0.15) is 0 Å². The van der Waals surface area contributed by atoms with Gasteiger partial charge in [-0.05, 0) is 62.8 Å². The summed E-state index contributed by atoms with van der Waals surface area (Å²) in [7, 11) is 0. The van der Waals surface area contributed by atoms with E-state index >= 15 is 0 Å². The summed E-state index contributed by atoms with van der Waals surface area (Å²) in [6.07, 6.45) is 2.61. The number of likely N-dealkylation sites (tertiary alicyclic amines) is 1. The van der Waals surface area contributed by atoms with Gasteiger partial charge >= 0.3 is 0 Å². The van der Waals surface area contributed by atoms with Crippen LogP contribution in [0.15, 0.2) is 24.3 Å². The van der Waals surface area contributed by atoms with Crippen molar-refractivity contribution < 1.29 is 14.3 Å². The quantitative estimate of drug-likeness (QED) is 0.810. The Kier molecular flexibility index (Phi) is 7.49. The number of hydrogen-bond acceptors (Lipinski definition) is 3. The average molecular weight is 360 g/mol. The largest absolute Gasteiger partial charge is 0.493 e. The molecule has 0 aromatic heterocycles. The second-order valence-corrected chi connectivity index (χ2v) is 7.89. The number of carbonyl (C=O) groups excluding carboxylic acids is 2. The Morgan fingerprint density at radius 1 is 1.12 bits per heavy atom. The molecule has 2 rings (SSSR count). The van der Waals surface area contributed by atoms with Crippen LogP contribution in [-0.4, -0.2) is 42.5 Å². The fraction of sp³-hybridized carbons (Fsp3) is 0.619. The van der Waals surface area contributed by atoms with Gasteiger partial charge < -0.3 is 15.0 Å². The summed E-state index contributed by atoms with van der Waals surface area (Å²) < 4.78 is 5.89. The molecule has 0 unspecified atom stereocenters. The Bertz CT molecular complexity index is 588. The molecule has 1 saturated heterocycles.